The number of hydrogen-bond donors (Lipinski definition) is 0. The quantitative estimate of drug-likeness (QED) is 0.771. The molecule has 0 N–H and O–H groups in total. The second-order valence-electron chi connectivity index (χ2n) is 4.69. The fraction of sp³-hybridized carbons (Fsp3) is 0.462. The Bertz CT molecular complexity index is 504. The van der Waals surface area contributed by atoms with Gasteiger partial charge in [0.25, 0.3) is 0 Å². The van der Waals surface area contributed by atoms with E-state index in [0.29, 0.717) is 11.8 Å². The van der Waals surface area contributed by atoms with Gasteiger partial charge in [-0.3, -0.25) is 4.98 Å². The first kappa shape index (κ1) is 11.0. The van der Waals surface area contributed by atoms with E-state index >= 15 is 0 Å². The third-order valence-corrected chi connectivity index (χ3v) is 2.71. The summed E-state index contributed by atoms with van der Waals surface area (Å²) in [4.78, 5) is 13.1. The predicted octanol–water partition coefficient (Wildman–Crippen LogP) is 3.27. The van der Waals surface area contributed by atoms with Crippen molar-refractivity contribution in [1.29, 1.82) is 0 Å². The van der Waals surface area contributed by atoms with Crippen molar-refractivity contribution in [2.45, 2.75) is 39.5 Å². The first-order valence-corrected chi connectivity index (χ1v) is 5.70. The molecule has 0 saturated heterocycles. The van der Waals surface area contributed by atoms with Gasteiger partial charge < -0.3 is 0 Å². The zero-order valence-electron chi connectivity index (χ0n) is 10.2. The van der Waals surface area contributed by atoms with Crippen LogP contribution in [-0.2, 0) is 0 Å². The van der Waals surface area contributed by atoms with Crippen LogP contribution in [0, 0.1) is 0 Å². The number of rotatable bonds is 2. The minimum atomic E-state index is 0.400. The summed E-state index contributed by atoms with van der Waals surface area (Å²) in [7, 11) is 0. The summed E-state index contributed by atoms with van der Waals surface area (Å²) in [6.45, 7) is 8.55. The monoisotopic (exact) mass is 215 g/mol. The normalized spacial score (nSPS) is 11.6. The van der Waals surface area contributed by atoms with E-state index < -0.39 is 0 Å². The number of fused-ring (bicyclic) bond motifs is 1. The molecule has 0 aromatic carbocycles. The van der Waals surface area contributed by atoms with Crippen LogP contribution in [0.4, 0.5) is 0 Å². The van der Waals surface area contributed by atoms with E-state index in [1.165, 1.54) is 0 Å². The van der Waals surface area contributed by atoms with E-state index in [2.05, 4.69) is 48.7 Å². The van der Waals surface area contributed by atoms with Gasteiger partial charge in [0.15, 0.2) is 0 Å². The standard InChI is InChI=1S/C13H17N3/c1-8(2)11-5-12-10(6-14-11)13(9(3)4)16-7-15-12/h5-9H,1-4H3. The minimum Gasteiger partial charge on any atom is -0.260 e. The summed E-state index contributed by atoms with van der Waals surface area (Å²) in [6, 6.07) is 2.06. The molecule has 16 heavy (non-hydrogen) atoms. The molecule has 0 spiro atoms. The van der Waals surface area contributed by atoms with Crippen molar-refractivity contribution in [2.75, 3.05) is 0 Å². The van der Waals surface area contributed by atoms with Crippen molar-refractivity contribution >= 4 is 10.9 Å². The Morgan fingerprint density at radius 2 is 1.69 bits per heavy atom. The lowest BCUT2D eigenvalue weighted by Crippen LogP contribution is -1.99. The number of pyridine rings is 1. The summed E-state index contributed by atoms with van der Waals surface area (Å²) in [5.74, 6) is 0.832. The molecule has 3 heteroatoms. The molecular weight excluding hydrogens is 198 g/mol. The van der Waals surface area contributed by atoms with Gasteiger partial charge >= 0.3 is 0 Å². The van der Waals surface area contributed by atoms with Gasteiger partial charge in [0, 0.05) is 17.3 Å². The van der Waals surface area contributed by atoms with Crippen LogP contribution < -0.4 is 0 Å². The molecule has 0 aliphatic rings. The first-order chi connectivity index (χ1) is 7.59. The van der Waals surface area contributed by atoms with Crippen LogP contribution in [0.1, 0.15) is 50.9 Å². The van der Waals surface area contributed by atoms with Crippen LogP contribution in [0.15, 0.2) is 18.6 Å². The van der Waals surface area contributed by atoms with Gasteiger partial charge in [0.2, 0.25) is 0 Å². The maximum absolute atomic E-state index is 4.47. The van der Waals surface area contributed by atoms with Gasteiger partial charge in [-0.25, -0.2) is 9.97 Å². The van der Waals surface area contributed by atoms with Crippen LogP contribution in [-0.4, -0.2) is 15.0 Å². The molecule has 2 aromatic rings. The summed E-state index contributed by atoms with van der Waals surface area (Å²) in [6.07, 6.45) is 3.54. The van der Waals surface area contributed by atoms with Crippen molar-refractivity contribution < 1.29 is 0 Å². The molecular formula is C13H17N3. The third-order valence-electron chi connectivity index (χ3n) is 2.71. The first-order valence-electron chi connectivity index (χ1n) is 5.70. The smallest absolute Gasteiger partial charge is 0.116 e. The highest BCUT2D eigenvalue weighted by Crippen LogP contribution is 2.23. The molecule has 84 valence electrons. The fourth-order valence-electron chi connectivity index (χ4n) is 1.76. The second-order valence-corrected chi connectivity index (χ2v) is 4.69. The molecule has 0 aliphatic heterocycles. The van der Waals surface area contributed by atoms with Gasteiger partial charge in [-0.05, 0) is 17.9 Å². The molecule has 0 fully saturated rings. The Hall–Kier alpha value is -1.51. The molecule has 0 bridgehead atoms. The van der Waals surface area contributed by atoms with Gasteiger partial charge in [0.1, 0.15) is 6.33 Å². The summed E-state index contributed by atoms with van der Waals surface area (Å²) < 4.78 is 0. The van der Waals surface area contributed by atoms with Crippen molar-refractivity contribution in [3.05, 3.63) is 30.0 Å². The molecule has 2 heterocycles. The zero-order chi connectivity index (χ0) is 11.7. The molecule has 0 aliphatic carbocycles. The van der Waals surface area contributed by atoms with Crippen molar-refractivity contribution in [1.82, 2.24) is 15.0 Å². The Kier molecular flexibility index (Phi) is 2.86. The maximum atomic E-state index is 4.47. The van der Waals surface area contributed by atoms with Gasteiger partial charge in [-0.15, -0.1) is 0 Å². The number of nitrogens with zero attached hydrogens (tertiary/aromatic N) is 3. The predicted molar refractivity (Wildman–Crippen MR) is 65.5 cm³/mol. The van der Waals surface area contributed by atoms with E-state index in [4.69, 9.17) is 0 Å². The summed E-state index contributed by atoms with van der Waals surface area (Å²) in [5, 5.41) is 1.07. The second kappa shape index (κ2) is 4.16. The summed E-state index contributed by atoms with van der Waals surface area (Å²) in [5.41, 5.74) is 3.16. The lowest BCUT2D eigenvalue weighted by molar-refractivity contribution is 0.814. The van der Waals surface area contributed by atoms with E-state index in [-0.39, 0.29) is 0 Å². The minimum absolute atomic E-state index is 0.400. The lowest BCUT2D eigenvalue weighted by Gasteiger charge is -2.09. The molecule has 2 aromatic heterocycles. The molecule has 3 nitrogen and oxygen atoms in total. The molecule has 2 rings (SSSR count). The van der Waals surface area contributed by atoms with Crippen LogP contribution >= 0.6 is 0 Å². The highest BCUT2D eigenvalue weighted by molar-refractivity contribution is 5.80. The topological polar surface area (TPSA) is 38.7 Å². The van der Waals surface area contributed by atoms with Crippen molar-refractivity contribution in [2.24, 2.45) is 0 Å². The van der Waals surface area contributed by atoms with E-state index in [9.17, 15) is 0 Å². The van der Waals surface area contributed by atoms with Crippen molar-refractivity contribution in [3.8, 4) is 0 Å². The van der Waals surface area contributed by atoms with Crippen LogP contribution in [0.2, 0.25) is 0 Å². The maximum Gasteiger partial charge on any atom is 0.116 e. The SMILES string of the molecule is CC(C)c1cc2ncnc(C(C)C)c2cn1. The van der Waals surface area contributed by atoms with Gasteiger partial charge in [0.05, 0.1) is 11.2 Å². The highest BCUT2D eigenvalue weighted by Gasteiger charge is 2.09. The van der Waals surface area contributed by atoms with Crippen LogP contribution in [0.25, 0.3) is 10.9 Å². The fourth-order valence-corrected chi connectivity index (χ4v) is 1.76. The van der Waals surface area contributed by atoms with E-state index in [1.54, 1.807) is 6.33 Å². The van der Waals surface area contributed by atoms with Crippen LogP contribution in [0.3, 0.4) is 0 Å². The average Bonchev–Trinajstić information content (AvgIpc) is 2.27. The Morgan fingerprint density at radius 1 is 0.938 bits per heavy atom. The van der Waals surface area contributed by atoms with Crippen LogP contribution in [0.5, 0.6) is 0 Å². The van der Waals surface area contributed by atoms with Gasteiger partial charge in [-0.1, -0.05) is 27.7 Å². The Morgan fingerprint density at radius 3 is 2.31 bits per heavy atom. The van der Waals surface area contributed by atoms with E-state index in [1.807, 2.05) is 6.20 Å². The highest BCUT2D eigenvalue weighted by atomic mass is 14.8. The Balaban J connectivity index is 2.64. The number of hydrogen-bond acceptors (Lipinski definition) is 3. The lowest BCUT2D eigenvalue weighted by atomic mass is 10.0. The third kappa shape index (κ3) is 1.90. The van der Waals surface area contributed by atoms with E-state index in [0.717, 1.165) is 22.3 Å². The average molecular weight is 215 g/mol. The molecule has 0 saturated carbocycles. The molecule has 0 radical (unpaired) electrons. The molecule has 0 atom stereocenters. The number of aromatic nitrogens is 3. The summed E-state index contributed by atoms with van der Waals surface area (Å²) >= 11 is 0. The van der Waals surface area contributed by atoms with Gasteiger partial charge in [-0.2, -0.15) is 0 Å². The largest absolute Gasteiger partial charge is 0.260 e. The Labute approximate surface area is 96.0 Å². The molecule has 0 amide bonds. The zero-order valence-corrected chi connectivity index (χ0v) is 10.2. The van der Waals surface area contributed by atoms with Crippen molar-refractivity contribution in [3.63, 3.8) is 0 Å². The molecule has 0 unspecified atom stereocenters.